The fourth-order valence-corrected chi connectivity index (χ4v) is 2.97. The number of aliphatic carboxylic acids is 1. The third kappa shape index (κ3) is 2.24. The second-order valence-corrected chi connectivity index (χ2v) is 5.11. The van der Waals surface area contributed by atoms with Gasteiger partial charge in [0.2, 0.25) is 5.91 Å². The van der Waals surface area contributed by atoms with Crippen molar-refractivity contribution in [2.45, 2.75) is 31.6 Å². The Bertz CT molecular complexity index is 290. The van der Waals surface area contributed by atoms with Gasteiger partial charge in [0.15, 0.2) is 0 Å². The van der Waals surface area contributed by atoms with Crippen molar-refractivity contribution in [3.63, 3.8) is 0 Å². The third-order valence-corrected chi connectivity index (χ3v) is 3.37. The number of carboxylic acid groups (broad SMARTS) is 1. The van der Waals surface area contributed by atoms with Crippen molar-refractivity contribution in [3.8, 4) is 0 Å². The molecule has 0 bridgehead atoms. The molecule has 1 atom stereocenters. The Morgan fingerprint density at radius 1 is 1.71 bits per heavy atom. The summed E-state index contributed by atoms with van der Waals surface area (Å²) < 4.78 is 0.483. The highest BCUT2D eigenvalue weighted by Gasteiger charge is 2.39. The van der Waals surface area contributed by atoms with Crippen LogP contribution in [0.1, 0.15) is 20.3 Å². The molecule has 0 saturated carbocycles. The number of thioether (sulfide) groups is 1. The van der Waals surface area contributed by atoms with Crippen LogP contribution in [-0.2, 0) is 9.59 Å². The third-order valence-electron chi connectivity index (χ3n) is 1.83. The van der Waals surface area contributed by atoms with Crippen LogP contribution in [0.3, 0.4) is 0 Å². The predicted molar refractivity (Wildman–Crippen MR) is 58.2 cm³/mol. The van der Waals surface area contributed by atoms with Crippen LogP contribution >= 0.6 is 24.0 Å². The zero-order chi connectivity index (χ0) is 10.9. The van der Waals surface area contributed by atoms with Crippen LogP contribution < -0.4 is 0 Å². The molecule has 0 aromatic rings. The second-order valence-electron chi connectivity index (χ2n) is 3.27. The van der Waals surface area contributed by atoms with Gasteiger partial charge in [0.1, 0.15) is 9.57 Å². The van der Waals surface area contributed by atoms with Crippen molar-refractivity contribution in [2.24, 2.45) is 0 Å². The number of thiocarbonyl (C=S) groups is 1. The molecular weight excluding hydrogens is 222 g/mol. The van der Waals surface area contributed by atoms with E-state index in [-0.39, 0.29) is 18.4 Å². The summed E-state index contributed by atoms with van der Waals surface area (Å²) in [6.07, 6.45) is -0.160. The van der Waals surface area contributed by atoms with Gasteiger partial charge < -0.3 is 5.11 Å². The lowest BCUT2D eigenvalue weighted by Gasteiger charge is -2.19. The van der Waals surface area contributed by atoms with Crippen LogP contribution in [-0.4, -0.2) is 37.5 Å². The first-order valence-electron chi connectivity index (χ1n) is 4.19. The molecule has 1 saturated heterocycles. The van der Waals surface area contributed by atoms with Crippen LogP contribution in [0, 0.1) is 0 Å². The van der Waals surface area contributed by atoms with E-state index in [0.717, 1.165) is 0 Å². The largest absolute Gasteiger partial charge is 0.481 e. The molecule has 14 heavy (non-hydrogen) atoms. The Morgan fingerprint density at radius 3 is 2.64 bits per heavy atom. The normalized spacial score (nSPS) is 22.2. The van der Waals surface area contributed by atoms with E-state index in [4.69, 9.17) is 17.3 Å². The maximum absolute atomic E-state index is 11.6. The van der Waals surface area contributed by atoms with Crippen LogP contribution in [0.15, 0.2) is 0 Å². The van der Waals surface area contributed by atoms with Crippen molar-refractivity contribution >= 4 is 40.2 Å². The summed E-state index contributed by atoms with van der Waals surface area (Å²) >= 11 is 6.16. The molecule has 0 spiro atoms. The molecule has 0 radical (unpaired) electrons. The summed E-state index contributed by atoms with van der Waals surface area (Å²) in [5.41, 5.74) is 0. The Hall–Kier alpha value is -0.620. The van der Waals surface area contributed by atoms with Gasteiger partial charge in [-0.25, -0.2) is 0 Å². The van der Waals surface area contributed by atoms with Gasteiger partial charge in [-0.15, -0.1) is 0 Å². The Kier molecular flexibility index (Phi) is 3.49. The van der Waals surface area contributed by atoms with Crippen LogP contribution in [0.5, 0.6) is 0 Å². The number of nitrogens with zero attached hydrogens (tertiary/aromatic N) is 1. The van der Waals surface area contributed by atoms with Crippen molar-refractivity contribution in [3.05, 3.63) is 0 Å². The average Bonchev–Trinajstić information content (AvgIpc) is 2.25. The first kappa shape index (κ1) is 11.5. The van der Waals surface area contributed by atoms with Gasteiger partial charge in [0.05, 0.1) is 6.42 Å². The Morgan fingerprint density at radius 2 is 2.29 bits per heavy atom. The van der Waals surface area contributed by atoms with Crippen LogP contribution in [0.2, 0.25) is 0 Å². The fourth-order valence-electron chi connectivity index (χ4n) is 1.23. The molecule has 0 aliphatic carbocycles. The molecule has 1 aliphatic rings. The minimum Gasteiger partial charge on any atom is -0.481 e. The van der Waals surface area contributed by atoms with E-state index in [0.29, 0.717) is 4.32 Å². The first-order chi connectivity index (χ1) is 6.43. The molecule has 1 amide bonds. The molecular formula is C8H11NO3S2. The van der Waals surface area contributed by atoms with Gasteiger partial charge in [-0.05, 0) is 13.8 Å². The maximum Gasteiger partial charge on any atom is 0.305 e. The lowest BCUT2D eigenvalue weighted by molar-refractivity contribution is -0.139. The molecule has 0 aromatic heterocycles. The summed E-state index contributed by atoms with van der Waals surface area (Å²) in [4.78, 5) is 23.6. The van der Waals surface area contributed by atoms with E-state index >= 15 is 0 Å². The van der Waals surface area contributed by atoms with E-state index in [9.17, 15) is 9.59 Å². The summed E-state index contributed by atoms with van der Waals surface area (Å²) in [5.74, 6) is -1.15. The lowest BCUT2D eigenvalue weighted by atomic mass is 10.2. The molecule has 0 aromatic carbocycles. The number of hydrogen-bond acceptors (Lipinski definition) is 4. The number of rotatable bonds is 3. The molecule has 1 N–H and O–H groups in total. The molecule has 0 unspecified atom stereocenters. The quantitative estimate of drug-likeness (QED) is 0.740. The molecule has 4 nitrogen and oxygen atoms in total. The number of amides is 1. The summed E-state index contributed by atoms with van der Waals surface area (Å²) in [5, 5.41) is 8.04. The highest BCUT2D eigenvalue weighted by molar-refractivity contribution is 8.24. The number of carbonyl (C=O) groups is 2. The second kappa shape index (κ2) is 4.27. The van der Waals surface area contributed by atoms with Gasteiger partial charge in [-0.2, -0.15) is 0 Å². The molecule has 78 valence electrons. The molecule has 1 fully saturated rings. The monoisotopic (exact) mass is 233 g/mol. The van der Waals surface area contributed by atoms with Crippen molar-refractivity contribution in [2.75, 3.05) is 0 Å². The van der Waals surface area contributed by atoms with Gasteiger partial charge in [0.25, 0.3) is 0 Å². The zero-order valence-electron chi connectivity index (χ0n) is 7.89. The molecule has 1 heterocycles. The highest BCUT2D eigenvalue weighted by Crippen LogP contribution is 2.30. The van der Waals surface area contributed by atoms with Gasteiger partial charge in [-0.3, -0.25) is 14.5 Å². The van der Waals surface area contributed by atoms with E-state index in [1.807, 2.05) is 13.8 Å². The van der Waals surface area contributed by atoms with E-state index in [2.05, 4.69) is 0 Å². The number of hydrogen-bond donors (Lipinski definition) is 1. The van der Waals surface area contributed by atoms with Crippen molar-refractivity contribution < 1.29 is 14.7 Å². The Balaban J connectivity index is 2.74. The minimum absolute atomic E-state index is 0.00120. The van der Waals surface area contributed by atoms with E-state index in [1.165, 1.54) is 16.7 Å². The number of carbonyl (C=O) groups excluding carboxylic acids is 1. The topological polar surface area (TPSA) is 57.6 Å². The summed E-state index contributed by atoms with van der Waals surface area (Å²) in [6, 6.07) is 0.00120. The van der Waals surface area contributed by atoms with Gasteiger partial charge in [0, 0.05) is 6.04 Å². The average molecular weight is 233 g/mol. The summed E-state index contributed by atoms with van der Waals surface area (Å²) in [6.45, 7) is 3.71. The van der Waals surface area contributed by atoms with E-state index in [1.54, 1.807) is 0 Å². The lowest BCUT2D eigenvalue weighted by Crippen LogP contribution is -2.37. The molecule has 1 aliphatic heterocycles. The smallest absolute Gasteiger partial charge is 0.305 e. The SMILES string of the molecule is CC(C)N1C(=O)[C@H](CC(=O)O)SC1=S. The molecule has 1 rings (SSSR count). The summed E-state index contributed by atoms with van der Waals surface area (Å²) in [7, 11) is 0. The molecule has 6 heteroatoms. The fraction of sp³-hybridized carbons (Fsp3) is 0.625. The predicted octanol–water partition coefficient (Wildman–Crippen LogP) is 1.10. The van der Waals surface area contributed by atoms with E-state index < -0.39 is 11.2 Å². The van der Waals surface area contributed by atoms with Crippen molar-refractivity contribution in [1.29, 1.82) is 0 Å². The standard InChI is InChI=1S/C8H11NO3S2/c1-4(2)9-7(12)5(3-6(10)11)14-8(9)13/h4-5H,3H2,1-2H3,(H,10,11)/t5-/m0/s1. The minimum atomic E-state index is -0.968. The van der Waals surface area contributed by atoms with Crippen molar-refractivity contribution in [1.82, 2.24) is 4.90 Å². The first-order valence-corrected chi connectivity index (χ1v) is 5.47. The van der Waals surface area contributed by atoms with Crippen LogP contribution in [0.25, 0.3) is 0 Å². The number of carboxylic acids is 1. The van der Waals surface area contributed by atoms with Gasteiger partial charge >= 0.3 is 5.97 Å². The Labute approximate surface area is 91.6 Å². The zero-order valence-corrected chi connectivity index (χ0v) is 9.52. The van der Waals surface area contributed by atoms with Gasteiger partial charge in [-0.1, -0.05) is 24.0 Å². The highest BCUT2D eigenvalue weighted by atomic mass is 32.2. The van der Waals surface area contributed by atoms with Crippen LogP contribution in [0.4, 0.5) is 0 Å². The maximum atomic E-state index is 11.6.